The van der Waals surface area contributed by atoms with Crippen LogP contribution in [0.1, 0.15) is 24.1 Å². The lowest BCUT2D eigenvalue weighted by Gasteiger charge is -2.32. The lowest BCUT2D eigenvalue weighted by atomic mass is 9.94. The highest BCUT2D eigenvalue weighted by Crippen LogP contribution is 2.25. The monoisotopic (exact) mass is 288 g/mol. The molecule has 0 radical (unpaired) electrons. The van der Waals surface area contributed by atoms with Gasteiger partial charge in [0.2, 0.25) is 0 Å². The SMILES string of the molecule is Cc1c(CNCC2(O)CCOCC2)n(C)c2ccccc12. The Bertz CT molecular complexity index is 588. The van der Waals surface area contributed by atoms with E-state index in [1.807, 2.05) is 0 Å². The number of fused-ring (bicyclic) bond motifs is 1. The summed E-state index contributed by atoms with van der Waals surface area (Å²) in [7, 11) is 2.11. The van der Waals surface area contributed by atoms with Crippen molar-refractivity contribution < 1.29 is 9.84 Å². The Labute approximate surface area is 125 Å². The van der Waals surface area contributed by atoms with Crippen LogP contribution in [0.5, 0.6) is 0 Å². The lowest BCUT2D eigenvalue weighted by Crippen LogP contribution is -2.45. The number of nitrogens with zero attached hydrogens (tertiary/aromatic N) is 1. The van der Waals surface area contributed by atoms with Crippen molar-refractivity contribution in [3.05, 3.63) is 35.5 Å². The number of aromatic nitrogens is 1. The Morgan fingerprint density at radius 1 is 1.29 bits per heavy atom. The predicted molar refractivity (Wildman–Crippen MR) is 84.4 cm³/mol. The van der Waals surface area contributed by atoms with E-state index >= 15 is 0 Å². The van der Waals surface area contributed by atoms with Gasteiger partial charge in [0.1, 0.15) is 0 Å². The summed E-state index contributed by atoms with van der Waals surface area (Å²) < 4.78 is 7.56. The molecule has 0 saturated carbocycles. The van der Waals surface area contributed by atoms with Crippen LogP contribution in [0, 0.1) is 6.92 Å². The minimum absolute atomic E-state index is 0.614. The number of ether oxygens (including phenoxy) is 1. The molecule has 2 aromatic rings. The van der Waals surface area contributed by atoms with E-state index in [1.165, 1.54) is 22.2 Å². The number of benzene rings is 1. The topological polar surface area (TPSA) is 46.4 Å². The molecular weight excluding hydrogens is 264 g/mol. The van der Waals surface area contributed by atoms with Crippen LogP contribution in [-0.4, -0.2) is 35.0 Å². The molecule has 2 N–H and O–H groups in total. The van der Waals surface area contributed by atoms with Crippen LogP contribution in [0.3, 0.4) is 0 Å². The number of aryl methyl sites for hydroxylation is 2. The second-order valence-corrected chi connectivity index (χ2v) is 6.09. The van der Waals surface area contributed by atoms with E-state index in [1.54, 1.807) is 0 Å². The van der Waals surface area contributed by atoms with Crippen molar-refractivity contribution in [3.8, 4) is 0 Å². The molecular formula is C17H24N2O2. The molecule has 4 nitrogen and oxygen atoms in total. The van der Waals surface area contributed by atoms with Crippen molar-refractivity contribution in [2.75, 3.05) is 19.8 Å². The quantitative estimate of drug-likeness (QED) is 0.906. The van der Waals surface area contributed by atoms with Gasteiger partial charge in [-0.25, -0.2) is 0 Å². The average Bonchev–Trinajstić information content (AvgIpc) is 2.73. The van der Waals surface area contributed by atoms with Crippen LogP contribution < -0.4 is 5.32 Å². The Kier molecular flexibility index (Phi) is 4.02. The van der Waals surface area contributed by atoms with Crippen LogP contribution in [-0.2, 0) is 18.3 Å². The van der Waals surface area contributed by atoms with Gasteiger partial charge in [-0.3, -0.25) is 0 Å². The summed E-state index contributed by atoms with van der Waals surface area (Å²) in [6, 6.07) is 8.47. The fraction of sp³-hybridized carbons (Fsp3) is 0.529. The average molecular weight is 288 g/mol. The van der Waals surface area contributed by atoms with E-state index in [-0.39, 0.29) is 0 Å². The van der Waals surface area contributed by atoms with Crippen LogP contribution in [0.15, 0.2) is 24.3 Å². The van der Waals surface area contributed by atoms with Gasteiger partial charge >= 0.3 is 0 Å². The van der Waals surface area contributed by atoms with Gasteiger partial charge in [-0.2, -0.15) is 0 Å². The van der Waals surface area contributed by atoms with Gasteiger partial charge in [0, 0.05) is 62.8 Å². The second kappa shape index (κ2) is 5.79. The summed E-state index contributed by atoms with van der Waals surface area (Å²) in [6.07, 6.45) is 1.43. The van der Waals surface area contributed by atoms with E-state index in [4.69, 9.17) is 4.74 Å². The summed E-state index contributed by atoms with van der Waals surface area (Å²) in [5.74, 6) is 0. The van der Waals surface area contributed by atoms with Crippen LogP contribution in [0.4, 0.5) is 0 Å². The van der Waals surface area contributed by atoms with E-state index in [0.29, 0.717) is 32.6 Å². The fourth-order valence-corrected chi connectivity index (χ4v) is 3.23. The molecule has 1 aromatic carbocycles. The first-order chi connectivity index (χ1) is 10.1. The number of rotatable bonds is 4. The first-order valence-electron chi connectivity index (χ1n) is 7.64. The smallest absolute Gasteiger partial charge is 0.0815 e. The van der Waals surface area contributed by atoms with Crippen molar-refractivity contribution in [1.29, 1.82) is 0 Å². The third-order valence-corrected chi connectivity index (χ3v) is 4.68. The van der Waals surface area contributed by atoms with Gasteiger partial charge in [-0.05, 0) is 18.6 Å². The van der Waals surface area contributed by atoms with Crippen molar-refractivity contribution in [2.45, 2.75) is 31.9 Å². The molecule has 114 valence electrons. The van der Waals surface area contributed by atoms with Crippen LogP contribution in [0.25, 0.3) is 10.9 Å². The van der Waals surface area contributed by atoms with Gasteiger partial charge in [-0.1, -0.05) is 18.2 Å². The summed E-state index contributed by atoms with van der Waals surface area (Å²) in [5, 5.41) is 15.2. The number of hydrogen-bond acceptors (Lipinski definition) is 3. The first kappa shape index (κ1) is 14.6. The molecule has 0 amide bonds. The summed E-state index contributed by atoms with van der Waals surface area (Å²) in [4.78, 5) is 0. The van der Waals surface area contributed by atoms with Gasteiger partial charge < -0.3 is 19.7 Å². The Balaban J connectivity index is 1.71. The summed E-state index contributed by atoms with van der Waals surface area (Å²) in [5.41, 5.74) is 3.25. The van der Waals surface area contributed by atoms with E-state index in [9.17, 15) is 5.11 Å². The molecule has 21 heavy (non-hydrogen) atoms. The van der Waals surface area contributed by atoms with Crippen molar-refractivity contribution in [2.24, 2.45) is 7.05 Å². The zero-order valence-corrected chi connectivity index (χ0v) is 12.9. The molecule has 0 bridgehead atoms. The van der Waals surface area contributed by atoms with Gasteiger partial charge in [-0.15, -0.1) is 0 Å². The van der Waals surface area contributed by atoms with E-state index in [0.717, 1.165) is 6.54 Å². The molecule has 4 heteroatoms. The predicted octanol–water partition coefficient (Wildman–Crippen LogP) is 2.12. The van der Waals surface area contributed by atoms with Gasteiger partial charge in [0.25, 0.3) is 0 Å². The number of para-hydroxylation sites is 1. The maximum Gasteiger partial charge on any atom is 0.0815 e. The van der Waals surface area contributed by atoms with Crippen molar-refractivity contribution in [1.82, 2.24) is 9.88 Å². The maximum atomic E-state index is 10.5. The number of aliphatic hydroxyl groups is 1. The van der Waals surface area contributed by atoms with Crippen molar-refractivity contribution >= 4 is 10.9 Å². The first-order valence-corrected chi connectivity index (χ1v) is 7.64. The lowest BCUT2D eigenvalue weighted by molar-refractivity contribution is -0.0617. The zero-order valence-electron chi connectivity index (χ0n) is 12.9. The standard InChI is InChI=1S/C17H24N2O2/c1-13-14-5-3-4-6-15(14)19(2)16(13)11-18-12-17(20)7-9-21-10-8-17/h3-6,18,20H,7-12H2,1-2H3. The van der Waals surface area contributed by atoms with Crippen LogP contribution >= 0.6 is 0 Å². The molecule has 1 fully saturated rings. The molecule has 3 rings (SSSR count). The molecule has 0 spiro atoms. The van der Waals surface area contributed by atoms with Gasteiger partial charge in [0.05, 0.1) is 5.60 Å². The maximum absolute atomic E-state index is 10.5. The van der Waals surface area contributed by atoms with E-state index < -0.39 is 5.60 Å². The third kappa shape index (κ3) is 2.84. The minimum atomic E-state index is -0.614. The largest absolute Gasteiger partial charge is 0.388 e. The Hall–Kier alpha value is -1.36. The Morgan fingerprint density at radius 3 is 2.71 bits per heavy atom. The number of nitrogens with one attached hydrogen (secondary N) is 1. The normalized spacial score (nSPS) is 18.2. The second-order valence-electron chi connectivity index (χ2n) is 6.09. The minimum Gasteiger partial charge on any atom is -0.388 e. The molecule has 2 heterocycles. The highest BCUT2D eigenvalue weighted by molar-refractivity contribution is 5.85. The molecule has 1 aliphatic rings. The van der Waals surface area contributed by atoms with E-state index in [2.05, 4.69) is 48.1 Å². The van der Waals surface area contributed by atoms with Gasteiger partial charge in [0.15, 0.2) is 0 Å². The zero-order chi connectivity index (χ0) is 14.9. The highest BCUT2D eigenvalue weighted by atomic mass is 16.5. The third-order valence-electron chi connectivity index (χ3n) is 4.68. The molecule has 0 atom stereocenters. The van der Waals surface area contributed by atoms with Crippen LogP contribution in [0.2, 0.25) is 0 Å². The summed E-state index contributed by atoms with van der Waals surface area (Å²) >= 11 is 0. The molecule has 1 aromatic heterocycles. The van der Waals surface area contributed by atoms with Crippen molar-refractivity contribution in [3.63, 3.8) is 0 Å². The Morgan fingerprint density at radius 2 is 2.00 bits per heavy atom. The summed E-state index contributed by atoms with van der Waals surface area (Å²) in [6.45, 7) is 4.89. The fourth-order valence-electron chi connectivity index (χ4n) is 3.23. The molecule has 0 aliphatic carbocycles. The highest BCUT2D eigenvalue weighted by Gasteiger charge is 2.29. The molecule has 0 unspecified atom stereocenters. The number of hydrogen-bond donors (Lipinski definition) is 2. The molecule has 1 aliphatic heterocycles. The molecule has 1 saturated heterocycles.